The van der Waals surface area contributed by atoms with Gasteiger partial charge in [-0.15, -0.1) is 0 Å². The van der Waals surface area contributed by atoms with Crippen molar-refractivity contribution in [3.8, 4) is 11.5 Å². The van der Waals surface area contributed by atoms with Crippen LogP contribution in [0.4, 0.5) is 5.69 Å². The van der Waals surface area contributed by atoms with Gasteiger partial charge in [-0.2, -0.15) is 0 Å². The summed E-state index contributed by atoms with van der Waals surface area (Å²) in [7, 11) is 2.87. The summed E-state index contributed by atoms with van der Waals surface area (Å²) in [5.74, 6) is -1.13. The first-order valence-corrected chi connectivity index (χ1v) is 9.79. The minimum Gasteiger partial charge on any atom is -0.493 e. The first kappa shape index (κ1) is 22.3. The third-order valence-electron chi connectivity index (χ3n) is 4.27. The summed E-state index contributed by atoms with van der Waals surface area (Å²) in [5.41, 5.74) is 0.962. The summed E-state index contributed by atoms with van der Waals surface area (Å²) in [6, 6.07) is 12.0. The van der Waals surface area contributed by atoms with Crippen LogP contribution < -0.4 is 20.1 Å². The van der Waals surface area contributed by atoms with Crippen LogP contribution in [0.1, 0.15) is 5.56 Å². The van der Waals surface area contributed by atoms with Crippen molar-refractivity contribution in [3.05, 3.63) is 58.6 Å². The highest BCUT2D eigenvalue weighted by Gasteiger charge is 2.30. The van der Waals surface area contributed by atoms with Crippen LogP contribution in [-0.2, 0) is 14.4 Å². The van der Waals surface area contributed by atoms with Crippen LogP contribution in [0.2, 0.25) is 5.02 Å². The number of hydrogen-bond acceptors (Lipinski definition) is 6. The number of carbonyl (C=O) groups is 3. The second-order valence-electron chi connectivity index (χ2n) is 6.42. The summed E-state index contributed by atoms with van der Waals surface area (Å²) in [6.07, 6.45) is 1.37. The molecule has 0 saturated carbocycles. The van der Waals surface area contributed by atoms with Crippen LogP contribution in [0.3, 0.4) is 0 Å². The number of para-hydroxylation sites is 1. The zero-order valence-corrected chi connectivity index (χ0v) is 18.2. The molecule has 3 rings (SSSR count). The Labute approximate surface area is 188 Å². The number of rotatable bonds is 6. The Hall–Kier alpha value is -3.43. The molecule has 2 aromatic carbocycles. The highest BCUT2D eigenvalue weighted by atomic mass is 35.5. The molecule has 1 aliphatic rings. The molecule has 1 heterocycles. The number of hydrogen-bond donors (Lipinski definition) is 2. The van der Waals surface area contributed by atoms with Crippen LogP contribution >= 0.6 is 23.8 Å². The highest BCUT2D eigenvalue weighted by molar-refractivity contribution is 7.80. The van der Waals surface area contributed by atoms with Crippen molar-refractivity contribution >= 4 is 58.4 Å². The van der Waals surface area contributed by atoms with Gasteiger partial charge in [-0.3, -0.25) is 24.6 Å². The van der Waals surface area contributed by atoms with Crippen LogP contribution in [0.25, 0.3) is 6.08 Å². The van der Waals surface area contributed by atoms with Gasteiger partial charge in [-0.1, -0.05) is 29.8 Å². The fraction of sp³-hybridized carbons (Fsp3) is 0.143. The first-order chi connectivity index (χ1) is 14.8. The van der Waals surface area contributed by atoms with Crippen molar-refractivity contribution in [1.29, 1.82) is 0 Å². The SMILES string of the molecule is COc1cc(/C=C2\C(=O)NC(=S)N(C)C2=O)cc(Cl)c1OCC(=O)Nc1ccccc1. The van der Waals surface area contributed by atoms with E-state index in [1.165, 1.54) is 32.4 Å². The molecule has 10 heteroatoms. The van der Waals surface area contributed by atoms with Gasteiger partial charge in [-0.05, 0) is 48.1 Å². The maximum atomic E-state index is 12.4. The van der Waals surface area contributed by atoms with E-state index in [2.05, 4.69) is 10.6 Å². The Morgan fingerprint density at radius 1 is 1.26 bits per heavy atom. The van der Waals surface area contributed by atoms with Gasteiger partial charge >= 0.3 is 0 Å². The van der Waals surface area contributed by atoms with E-state index in [4.69, 9.17) is 33.3 Å². The van der Waals surface area contributed by atoms with E-state index < -0.39 is 11.8 Å². The Bertz CT molecular complexity index is 1090. The molecule has 0 aliphatic carbocycles. The monoisotopic (exact) mass is 459 g/mol. The van der Waals surface area contributed by atoms with E-state index in [-0.39, 0.29) is 39.7 Å². The number of nitrogens with one attached hydrogen (secondary N) is 2. The maximum absolute atomic E-state index is 12.4. The smallest absolute Gasteiger partial charge is 0.265 e. The van der Waals surface area contributed by atoms with Gasteiger partial charge in [-0.25, -0.2) is 0 Å². The lowest BCUT2D eigenvalue weighted by atomic mass is 10.1. The van der Waals surface area contributed by atoms with Gasteiger partial charge < -0.3 is 14.8 Å². The molecule has 2 N–H and O–H groups in total. The average molecular weight is 460 g/mol. The number of amides is 3. The number of methoxy groups -OCH3 is 1. The van der Waals surface area contributed by atoms with Gasteiger partial charge in [0.2, 0.25) is 0 Å². The lowest BCUT2D eigenvalue weighted by Gasteiger charge is -2.25. The zero-order chi connectivity index (χ0) is 22.5. The number of anilines is 1. The van der Waals surface area contributed by atoms with Crippen LogP contribution in [-0.4, -0.2) is 48.5 Å². The Kier molecular flexibility index (Phi) is 6.88. The predicted molar refractivity (Wildman–Crippen MR) is 120 cm³/mol. The molecular formula is C21H18ClN3O5S. The molecule has 0 radical (unpaired) electrons. The van der Waals surface area contributed by atoms with Crippen molar-refractivity contribution < 1.29 is 23.9 Å². The summed E-state index contributed by atoms with van der Waals surface area (Å²) in [6.45, 7) is -0.297. The maximum Gasteiger partial charge on any atom is 0.265 e. The number of nitrogens with zero attached hydrogens (tertiary/aromatic N) is 1. The Morgan fingerprint density at radius 3 is 2.65 bits per heavy atom. The molecule has 0 atom stereocenters. The molecule has 0 aromatic heterocycles. The van der Waals surface area contributed by atoms with Gasteiger partial charge in [0.25, 0.3) is 17.7 Å². The normalized spacial score (nSPS) is 15.0. The largest absolute Gasteiger partial charge is 0.493 e. The number of likely N-dealkylation sites (N-methyl/N-ethyl adjacent to an activating group) is 1. The van der Waals surface area contributed by atoms with E-state index in [0.717, 1.165) is 4.90 Å². The second kappa shape index (κ2) is 9.59. The van der Waals surface area contributed by atoms with Crippen molar-refractivity contribution in [2.45, 2.75) is 0 Å². The highest BCUT2D eigenvalue weighted by Crippen LogP contribution is 2.37. The lowest BCUT2D eigenvalue weighted by molar-refractivity contribution is -0.128. The van der Waals surface area contributed by atoms with Crippen molar-refractivity contribution in [1.82, 2.24) is 10.2 Å². The standard InChI is InChI=1S/C21H18ClN3O5S/c1-25-20(28)14(19(27)24-21(25)31)8-12-9-15(22)18(16(10-12)29-2)30-11-17(26)23-13-6-4-3-5-7-13/h3-10H,11H2,1-2H3,(H,23,26)(H,24,27,31)/b14-8+. The first-order valence-electron chi connectivity index (χ1n) is 9.00. The summed E-state index contributed by atoms with van der Waals surface area (Å²) in [5, 5.41) is 5.30. The molecule has 1 fully saturated rings. The van der Waals surface area contributed by atoms with E-state index in [1.807, 2.05) is 6.07 Å². The molecule has 0 spiro atoms. The van der Waals surface area contributed by atoms with E-state index in [1.54, 1.807) is 24.3 Å². The topological polar surface area (TPSA) is 97.0 Å². The van der Waals surface area contributed by atoms with Crippen LogP contribution in [0.15, 0.2) is 48.0 Å². The molecule has 1 aliphatic heterocycles. The van der Waals surface area contributed by atoms with E-state index >= 15 is 0 Å². The van der Waals surface area contributed by atoms with E-state index in [0.29, 0.717) is 11.3 Å². The Balaban J connectivity index is 1.79. The average Bonchev–Trinajstić information content (AvgIpc) is 2.74. The molecule has 1 saturated heterocycles. The van der Waals surface area contributed by atoms with Crippen LogP contribution in [0, 0.1) is 0 Å². The summed E-state index contributed by atoms with van der Waals surface area (Å²) in [4.78, 5) is 37.8. The lowest BCUT2D eigenvalue weighted by Crippen LogP contribution is -2.52. The van der Waals surface area contributed by atoms with Crippen molar-refractivity contribution in [2.24, 2.45) is 0 Å². The minimum atomic E-state index is -0.610. The third kappa shape index (κ3) is 5.19. The predicted octanol–water partition coefficient (Wildman–Crippen LogP) is 2.62. The third-order valence-corrected chi connectivity index (χ3v) is 4.93. The fourth-order valence-corrected chi connectivity index (χ4v) is 3.18. The van der Waals surface area contributed by atoms with Gasteiger partial charge in [0.15, 0.2) is 23.2 Å². The molecule has 160 valence electrons. The fourth-order valence-electron chi connectivity index (χ4n) is 2.73. The van der Waals surface area contributed by atoms with Crippen molar-refractivity contribution in [3.63, 3.8) is 0 Å². The van der Waals surface area contributed by atoms with Gasteiger partial charge in [0, 0.05) is 12.7 Å². The molecule has 0 unspecified atom stereocenters. The molecule has 0 bridgehead atoms. The van der Waals surface area contributed by atoms with Crippen molar-refractivity contribution in [2.75, 3.05) is 26.1 Å². The number of halogens is 1. The molecule has 3 amide bonds. The van der Waals surface area contributed by atoms with Gasteiger partial charge in [0.05, 0.1) is 12.1 Å². The second-order valence-corrected chi connectivity index (χ2v) is 7.21. The number of thiocarbonyl (C=S) groups is 1. The number of ether oxygens (including phenoxy) is 2. The quantitative estimate of drug-likeness (QED) is 0.391. The summed E-state index contributed by atoms with van der Waals surface area (Å²) >= 11 is 11.2. The molecular weight excluding hydrogens is 442 g/mol. The number of carbonyl (C=O) groups excluding carboxylic acids is 3. The Morgan fingerprint density at radius 2 is 1.97 bits per heavy atom. The number of benzene rings is 2. The molecule has 8 nitrogen and oxygen atoms in total. The van der Waals surface area contributed by atoms with Gasteiger partial charge in [0.1, 0.15) is 5.57 Å². The minimum absolute atomic E-state index is 0.0280. The molecule has 2 aromatic rings. The van der Waals surface area contributed by atoms with E-state index in [9.17, 15) is 14.4 Å². The summed E-state index contributed by atoms with van der Waals surface area (Å²) < 4.78 is 10.9. The zero-order valence-electron chi connectivity index (χ0n) is 16.6. The van der Waals surface area contributed by atoms with Crippen LogP contribution in [0.5, 0.6) is 11.5 Å². The molecule has 31 heavy (non-hydrogen) atoms.